The molecule has 0 spiro atoms. The van der Waals surface area contributed by atoms with Gasteiger partial charge in [0.2, 0.25) is 5.91 Å². The van der Waals surface area contributed by atoms with Crippen LogP contribution in [0.2, 0.25) is 0 Å². The lowest BCUT2D eigenvalue weighted by molar-refractivity contribution is -0.129. The summed E-state index contributed by atoms with van der Waals surface area (Å²) in [6.07, 6.45) is 0.182. The van der Waals surface area contributed by atoms with E-state index in [4.69, 9.17) is 4.42 Å². The Hall–Kier alpha value is -3.13. The molecule has 1 heterocycles. The van der Waals surface area contributed by atoms with Gasteiger partial charge in [-0.3, -0.25) is 9.52 Å². The molecule has 0 fully saturated rings. The molecule has 0 aliphatic carbocycles. The summed E-state index contributed by atoms with van der Waals surface area (Å²) in [7, 11) is -2.11. The second kappa shape index (κ2) is 8.48. The number of hydrogen-bond donors (Lipinski definition) is 1. The quantitative estimate of drug-likeness (QED) is 0.637. The number of nitrogens with zero attached hydrogens (tertiary/aromatic N) is 1. The first-order valence-corrected chi connectivity index (χ1v) is 10.4. The summed E-state index contributed by atoms with van der Waals surface area (Å²) in [5.74, 6) is 0.909. The lowest BCUT2D eigenvalue weighted by Gasteiger charge is -2.16. The van der Waals surface area contributed by atoms with Crippen molar-refractivity contribution in [2.45, 2.75) is 24.8 Å². The third kappa shape index (κ3) is 5.45. The molecule has 152 valence electrons. The van der Waals surface area contributed by atoms with Crippen molar-refractivity contribution in [3.8, 4) is 0 Å². The van der Waals surface area contributed by atoms with Crippen LogP contribution in [0.1, 0.15) is 17.1 Å². The number of sulfonamides is 1. The number of aryl methyl sites for hydroxylation is 1. The lowest BCUT2D eigenvalue weighted by atomic mass is 10.1. The highest BCUT2D eigenvalue weighted by atomic mass is 32.2. The van der Waals surface area contributed by atoms with Crippen LogP contribution in [0.5, 0.6) is 0 Å². The fourth-order valence-electron chi connectivity index (χ4n) is 2.72. The molecular weight excluding hydrogens is 395 g/mol. The Kier molecular flexibility index (Phi) is 6.03. The largest absolute Gasteiger partial charge is 0.464 e. The van der Waals surface area contributed by atoms with Crippen molar-refractivity contribution in [2.24, 2.45) is 0 Å². The predicted molar refractivity (Wildman–Crippen MR) is 107 cm³/mol. The average Bonchev–Trinajstić information content (AvgIpc) is 3.08. The number of likely N-dealkylation sites (N-methyl/N-ethyl adjacent to an activating group) is 1. The Morgan fingerprint density at radius 2 is 1.69 bits per heavy atom. The van der Waals surface area contributed by atoms with E-state index in [-0.39, 0.29) is 17.2 Å². The number of rotatable bonds is 7. The zero-order valence-corrected chi connectivity index (χ0v) is 16.9. The first-order valence-electron chi connectivity index (χ1n) is 8.89. The zero-order valence-electron chi connectivity index (χ0n) is 16.1. The van der Waals surface area contributed by atoms with Crippen molar-refractivity contribution in [1.29, 1.82) is 0 Å². The summed E-state index contributed by atoms with van der Waals surface area (Å²) in [5, 5.41) is 0. The summed E-state index contributed by atoms with van der Waals surface area (Å²) in [6, 6.07) is 14.8. The number of anilines is 1. The summed E-state index contributed by atoms with van der Waals surface area (Å²) in [4.78, 5) is 13.9. The van der Waals surface area contributed by atoms with E-state index < -0.39 is 15.8 Å². The molecule has 1 aromatic heterocycles. The molecule has 2 aromatic carbocycles. The first-order chi connectivity index (χ1) is 13.7. The Balaban J connectivity index is 1.60. The number of amides is 1. The maximum atomic E-state index is 13.0. The zero-order chi connectivity index (χ0) is 21.0. The van der Waals surface area contributed by atoms with Gasteiger partial charge in [-0.25, -0.2) is 12.8 Å². The van der Waals surface area contributed by atoms with E-state index in [0.29, 0.717) is 18.0 Å². The second-order valence-electron chi connectivity index (χ2n) is 6.70. The highest BCUT2D eigenvalue weighted by Gasteiger charge is 2.15. The van der Waals surface area contributed by atoms with Gasteiger partial charge in [-0.05, 0) is 61.0 Å². The molecule has 0 radical (unpaired) electrons. The Morgan fingerprint density at radius 1 is 1.03 bits per heavy atom. The topological polar surface area (TPSA) is 79.6 Å². The molecule has 3 aromatic rings. The van der Waals surface area contributed by atoms with Crippen LogP contribution >= 0.6 is 0 Å². The van der Waals surface area contributed by atoms with Crippen LogP contribution in [0, 0.1) is 12.7 Å². The van der Waals surface area contributed by atoms with Crippen LogP contribution in [-0.4, -0.2) is 26.3 Å². The van der Waals surface area contributed by atoms with Crippen LogP contribution in [0.4, 0.5) is 10.1 Å². The van der Waals surface area contributed by atoms with Gasteiger partial charge < -0.3 is 9.32 Å². The van der Waals surface area contributed by atoms with E-state index in [9.17, 15) is 17.6 Å². The van der Waals surface area contributed by atoms with Gasteiger partial charge >= 0.3 is 0 Å². The highest BCUT2D eigenvalue weighted by molar-refractivity contribution is 7.92. The lowest BCUT2D eigenvalue weighted by Crippen LogP contribution is -2.27. The number of carbonyl (C=O) groups excluding carboxylic acids is 1. The Bertz CT molecular complexity index is 1090. The Morgan fingerprint density at radius 3 is 2.28 bits per heavy atom. The monoisotopic (exact) mass is 416 g/mol. The minimum Gasteiger partial charge on any atom is -0.464 e. The van der Waals surface area contributed by atoms with Gasteiger partial charge in [-0.1, -0.05) is 12.1 Å². The SMILES string of the molecule is Cc1ccc(CN(C)C(=O)Cc2ccc(NS(=O)(=O)c3ccc(F)cc3)cc2)o1. The molecule has 0 saturated heterocycles. The molecule has 0 bridgehead atoms. The van der Waals surface area contributed by atoms with Crippen molar-refractivity contribution < 1.29 is 22.0 Å². The van der Waals surface area contributed by atoms with Crippen LogP contribution in [0.3, 0.4) is 0 Å². The van der Waals surface area contributed by atoms with E-state index in [1.54, 1.807) is 36.2 Å². The van der Waals surface area contributed by atoms with E-state index in [1.807, 2.05) is 19.1 Å². The molecule has 0 aliphatic heterocycles. The molecule has 0 saturated carbocycles. The second-order valence-corrected chi connectivity index (χ2v) is 8.38. The number of benzene rings is 2. The van der Waals surface area contributed by atoms with Gasteiger partial charge in [-0.2, -0.15) is 0 Å². The van der Waals surface area contributed by atoms with E-state index in [0.717, 1.165) is 23.5 Å². The van der Waals surface area contributed by atoms with Crippen LogP contribution < -0.4 is 4.72 Å². The van der Waals surface area contributed by atoms with E-state index in [1.165, 1.54) is 12.1 Å². The molecule has 0 atom stereocenters. The number of carbonyl (C=O) groups is 1. The predicted octanol–water partition coefficient (Wildman–Crippen LogP) is 3.73. The fourth-order valence-corrected chi connectivity index (χ4v) is 3.78. The molecule has 3 rings (SSSR count). The van der Waals surface area contributed by atoms with Crippen molar-refractivity contribution in [1.82, 2.24) is 4.90 Å². The molecule has 29 heavy (non-hydrogen) atoms. The summed E-state index contributed by atoms with van der Waals surface area (Å²) in [6.45, 7) is 2.22. The molecule has 6 nitrogen and oxygen atoms in total. The van der Waals surface area contributed by atoms with Gasteiger partial charge in [-0.15, -0.1) is 0 Å². The van der Waals surface area contributed by atoms with Crippen molar-refractivity contribution in [3.05, 3.63) is 83.6 Å². The number of nitrogens with one attached hydrogen (secondary N) is 1. The van der Waals surface area contributed by atoms with Crippen molar-refractivity contribution >= 4 is 21.6 Å². The number of furan rings is 1. The van der Waals surface area contributed by atoms with Gasteiger partial charge in [0.1, 0.15) is 17.3 Å². The number of halogens is 1. The minimum atomic E-state index is -3.81. The smallest absolute Gasteiger partial charge is 0.261 e. The van der Waals surface area contributed by atoms with Gasteiger partial charge in [0.25, 0.3) is 10.0 Å². The Labute approximate surface area is 169 Å². The molecule has 8 heteroatoms. The fraction of sp³-hybridized carbons (Fsp3) is 0.190. The molecule has 0 unspecified atom stereocenters. The van der Waals surface area contributed by atoms with Crippen molar-refractivity contribution in [2.75, 3.05) is 11.8 Å². The van der Waals surface area contributed by atoms with Gasteiger partial charge in [0.15, 0.2) is 0 Å². The normalized spacial score (nSPS) is 11.3. The molecule has 1 amide bonds. The van der Waals surface area contributed by atoms with Gasteiger partial charge in [0, 0.05) is 12.7 Å². The summed E-state index contributed by atoms with van der Waals surface area (Å²) in [5.41, 5.74) is 1.10. The maximum absolute atomic E-state index is 13.0. The highest BCUT2D eigenvalue weighted by Crippen LogP contribution is 2.18. The van der Waals surface area contributed by atoms with Crippen LogP contribution in [0.25, 0.3) is 0 Å². The van der Waals surface area contributed by atoms with Crippen LogP contribution in [0.15, 0.2) is 70.0 Å². The first kappa shape index (κ1) is 20.6. The van der Waals surface area contributed by atoms with E-state index in [2.05, 4.69) is 4.72 Å². The maximum Gasteiger partial charge on any atom is 0.261 e. The third-order valence-corrected chi connectivity index (χ3v) is 5.70. The third-order valence-electron chi connectivity index (χ3n) is 4.30. The van der Waals surface area contributed by atoms with Gasteiger partial charge in [0.05, 0.1) is 17.9 Å². The van der Waals surface area contributed by atoms with Crippen molar-refractivity contribution in [3.63, 3.8) is 0 Å². The average molecular weight is 416 g/mol. The van der Waals surface area contributed by atoms with Crippen LogP contribution in [-0.2, 0) is 27.8 Å². The molecule has 1 N–H and O–H groups in total. The summed E-state index contributed by atoms with van der Waals surface area (Å²) >= 11 is 0. The number of hydrogen-bond acceptors (Lipinski definition) is 4. The molecular formula is C21H21FN2O4S. The standard InChI is InChI=1S/C21H21FN2O4S/c1-15-3-10-19(28-15)14-24(2)21(25)13-16-4-8-18(9-5-16)23-29(26,27)20-11-6-17(22)7-12-20/h3-12,23H,13-14H2,1-2H3. The summed E-state index contributed by atoms with van der Waals surface area (Å²) < 4.78 is 45.6. The van der Waals surface area contributed by atoms with E-state index >= 15 is 0 Å². The molecule has 0 aliphatic rings. The minimum absolute atomic E-state index is 0.0343.